The summed E-state index contributed by atoms with van der Waals surface area (Å²) in [5.74, 6) is -0.430. The summed E-state index contributed by atoms with van der Waals surface area (Å²) in [6.07, 6.45) is 2.02. The molecule has 0 aliphatic carbocycles. The molecule has 0 spiro atoms. The molecular weight excluding hydrogens is 470 g/mol. The molecule has 3 heterocycles. The molecule has 2 aliphatic rings. The van der Waals surface area contributed by atoms with Gasteiger partial charge in [-0.2, -0.15) is 4.31 Å². The van der Waals surface area contributed by atoms with E-state index in [1.807, 2.05) is 6.92 Å². The molecule has 2 saturated heterocycles. The van der Waals surface area contributed by atoms with Crippen LogP contribution in [0.25, 0.3) is 11.0 Å². The third-order valence-electron chi connectivity index (χ3n) is 6.48. The number of nitrogens with one attached hydrogen (secondary N) is 1. The summed E-state index contributed by atoms with van der Waals surface area (Å²) in [7, 11) is -3.76. The van der Waals surface area contributed by atoms with Gasteiger partial charge in [-0.3, -0.25) is 4.79 Å². The Kier molecular flexibility index (Phi) is 6.35. The van der Waals surface area contributed by atoms with Gasteiger partial charge in [0.15, 0.2) is 0 Å². The number of benzene rings is 2. The van der Waals surface area contributed by atoms with Crippen LogP contribution in [0, 0.1) is 6.92 Å². The first-order valence-corrected chi connectivity index (χ1v) is 13.1. The van der Waals surface area contributed by atoms with Gasteiger partial charge in [0.25, 0.3) is 5.91 Å². The van der Waals surface area contributed by atoms with Crippen LogP contribution in [0.5, 0.6) is 0 Å². The Bertz CT molecular complexity index is 1440. The first-order valence-electron chi connectivity index (χ1n) is 11.7. The number of carbonyl (C=O) groups excluding carboxylic acids is 1. The van der Waals surface area contributed by atoms with Crippen LogP contribution >= 0.6 is 0 Å². The van der Waals surface area contributed by atoms with E-state index >= 15 is 0 Å². The van der Waals surface area contributed by atoms with Gasteiger partial charge in [0.05, 0.1) is 23.7 Å². The zero-order chi connectivity index (χ0) is 24.6. The van der Waals surface area contributed by atoms with Crippen molar-refractivity contribution in [2.75, 3.05) is 49.6 Å². The van der Waals surface area contributed by atoms with Crippen molar-refractivity contribution in [2.24, 2.45) is 0 Å². The Morgan fingerprint density at radius 1 is 0.971 bits per heavy atom. The molecule has 2 aliphatic heterocycles. The number of nitrogens with zero attached hydrogens (tertiary/aromatic N) is 2. The van der Waals surface area contributed by atoms with Crippen LogP contribution < -0.4 is 15.8 Å². The van der Waals surface area contributed by atoms with E-state index in [2.05, 4.69) is 10.2 Å². The highest BCUT2D eigenvalue weighted by Crippen LogP contribution is 2.30. The number of hydrogen-bond donors (Lipinski definition) is 1. The van der Waals surface area contributed by atoms with Crippen LogP contribution in [0.1, 0.15) is 28.8 Å². The molecule has 2 fully saturated rings. The predicted molar refractivity (Wildman–Crippen MR) is 133 cm³/mol. The lowest BCUT2D eigenvalue weighted by molar-refractivity contribution is 0.0730. The van der Waals surface area contributed by atoms with Crippen LogP contribution in [0.4, 0.5) is 11.4 Å². The first-order chi connectivity index (χ1) is 16.8. The molecule has 184 valence electrons. The minimum atomic E-state index is -3.76. The lowest BCUT2D eigenvalue weighted by atomic mass is 10.1. The van der Waals surface area contributed by atoms with Gasteiger partial charge < -0.3 is 19.4 Å². The molecule has 0 atom stereocenters. The fraction of sp³-hybridized carbons (Fsp3) is 0.360. The number of rotatable bonds is 5. The molecule has 3 aromatic rings. The quantitative estimate of drug-likeness (QED) is 0.540. The highest BCUT2D eigenvalue weighted by Gasteiger charge is 2.29. The second-order valence-electron chi connectivity index (χ2n) is 8.80. The summed E-state index contributed by atoms with van der Waals surface area (Å²) >= 11 is 0. The molecule has 0 radical (unpaired) electrons. The van der Waals surface area contributed by atoms with Gasteiger partial charge in [0, 0.05) is 55.1 Å². The van der Waals surface area contributed by atoms with E-state index in [-0.39, 0.29) is 23.5 Å². The second kappa shape index (κ2) is 9.44. The fourth-order valence-electron chi connectivity index (χ4n) is 4.63. The minimum Gasteiger partial charge on any atom is -0.423 e. The molecule has 1 aromatic heterocycles. The average Bonchev–Trinajstić information content (AvgIpc) is 3.39. The maximum Gasteiger partial charge on any atom is 0.336 e. The normalized spacial score (nSPS) is 17.1. The largest absolute Gasteiger partial charge is 0.423 e. The number of amides is 1. The van der Waals surface area contributed by atoms with Crippen molar-refractivity contribution in [2.45, 2.75) is 24.7 Å². The molecule has 1 amide bonds. The maximum atomic E-state index is 13.5. The van der Waals surface area contributed by atoms with E-state index in [9.17, 15) is 18.0 Å². The van der Waals surface area contributed by atoms with Crippen LogP contribution in [-0.2, 0) is 14.8 Å². The molecule has 10 heteroatoms. The molecule has 5 rings (SSSR count). The summed E-state index contributed by atoms with van der Waals surface area (Å²) < 4.78 is 38.5. The van der Waals surface area contributed by atoms with Gasteiger partial charge >= 0.3 is 5.63 Å². The highest BCUT2D eigenvalue weighted by molar-refractivity contribution is 7.89. The van der Waals surface area contributed by atoms with Gasteiger partial charge in [-0.15, -0.1) is 0 Å². The summed E-state index contributed by atoms with van der Waals surface area (Å²) in [5, 5.41) is 3.63. The van der Waals surface area contributed by atoms with Gasteiger partial charge in [0.1, 0.15) is 5.58 Å². The van der Waals surface area contributed by atoms with E-state index in [1.54, 1.807) is 30.3 Å². The molecule has 0 saturated carbocycles. The van der Waals surface area contributed by atoms with Crippen molar-refractivity contribution in [3.05, 3.63) is 64.0 Å². The van der Waals surface area contributed by atoms with E-state index in [4.69, 9.17) is 9.15 Å². The van der Waals surface area contributed by atoms with Crippen molar-refractivity contribution < 1.29 is 22.4 Å². The number of anilines is 2. The Morgan fingerprint density at radius 2 is 1.71 bits per heavy atom. The Balaban J connectivity index is 1.51. The minimum absolute atomic E-state index is 0.0765. The number of aryl methyl sites for hydroxylation is 1. The number of fused-ring (bicyclic) bond motifs is 1. The molecular formula is C25H27N3O6S. The highest BCUT2D eigenvalue weighted by atomic mass is 32.2. The first kappa shape index (κ1) is 23.5. The smallest absolute Gasteiger partial charge is 0.336 e. The molecule has 35 heavy (non-hydrogen) atoms. The lowest BCUT2D eigenvalue weighted by Crippen LogP contribution is -2.40. The van der Waals surface area contributed by atoms with Crippen molar-refractivity contribution in [1.82, 2.24) is 4.31 Å². The fourth-order valence-corrected chi connectivity index (χ4v) is 6.06. The number of hydrogen-bond acceptors (Lipinski definition) is 7. The van der Waals surface area contributed by atoms with Gasteiger partial charge in [0.2, 0.25) is 10.0 Å². The van der Waals surface area contributed by atoms with Crippen LogP contribution in [-0.4, -0.2) is 58.0 Å². The standard InChI is InChI=1S/C25H27N3O6S/c1-17-14-24(29)34-23-15-18(4-6-20(17)23)26-25(30)21-16-19(5-7-22(21)27-8-2-3-9-27)35(31,32)28-10-12-33-13-11-28/h4-7,14-16H,2-3,8-13H2,1H3,(H,26,30). The van der Waals surface area contributed by atoms with Crippen molar-refractivity contribution in [1.29, 1.82) is 0 Å². The van der Waals surface area contributed by atoms with Crippen LogP contribution in [0.2, 0.25) is 0 Å². The third kappa shape index (κ3) is 4.69. The van der Waals surface area contributed by atoms with E-state index in [1.165, 1.54) is 16.4 Å². The maximum absolute atomic E-state index is 13.5. The predicted octanol–water partition coefficient (Wildman–Crippen LogP) is 2.97. The number of ether oxygens (including phenoxy) is 1. The van der Waals surface area contributed by atoms with E-state index in [0.29, 0.717) is 30.2 Å². The number of carbonyl (C=O) groups is 1. The summed E-state index contributed by atoms with van der Waals surface area (Å²) in [6.45, 7) is 4.66. The molecule has 1 N–H and O–H groups in total. The molecule has 9 nitrogen and oxygen atoms in total. The van der Waals surface area contributed by atoms with E-state index < -0.39 is 21.6 Å². The van der Waals surface area contributed by atoms with Crippen LogP contribution in [0.15, 0.2) is 56.6 Å². The topological polar surface area (TPSA) is 109 Å². The van der Waals surface area contributed by atoms with Crippen LogP contribution in [0.3, 0.4) is 0 Å². The zero-order valence-electron chi connectivity index (χ0n) is 19.5. The third-order valence-corrected chi connectivity index (χ3v) is 8.37. The van der Waals surface area contributed by atoms with Crippen molar-refractivity contribution >= 4 is 38.3 Å². The molecule has 2 aromatic carbocycles. The number of sulfonamides is 1. The Morgan fingerprint density at radius 3 is 2.46 bits per heavy atom. The summed E-state index contributed by atoms with van der Waals surface area (Å²) in [6, 6.07) is 11.3. The molecule has 0 bridgehead atoms. The molecule has 0 unspecified atom stereocenters. The van der Waals surface area contributed by atoms with E-state index in [0.717, 1.165) is 36.9 Å². The Hall–Kier alpha value is -3.21. The Labute approximate surface area is 203 Å². The lowest BCUT2D eigenvalue weighted by Gasteiger charge is -2.27. The monoisotopic (exact) mass is 497 g/mol. The van der Waals surface area contributed by atoms with Gasteiger partial charge in [-0.1, -0.05) is 0 Å². The van der Waals surface area contributed by atoms with Crippen molar-refractivity contribution in [3.8, 4) is 0 Å². The van der Waals surface area contributed by atoms with Gasteiger partial charge in [-0.25, -0.2) is 13.2 Å². The SMILES string of the molecule is Cc1cc(=O)oc2cc(NC(=O)c3cc(S(=O)(=O)N4CCOCC4)ccc3N3CCCC3)ccc12. The van der Waals surface area contributed by atoms with Gasteiger partial charge in [-0.05, 0) is 55.7 Å². The average molecular weight is 498 g/mol. The second-order valence-corrected chi connectivity index (χ2v) is 10.7. The number of morpholine rings is 1. The van der Waals surface area contributed by atoms with Crippen molar-refractivity contribution in [3.63, 3.8) is 0 Å². The summed E-state index contributed by atoms with van der Waals surface area (Å²) in [5.41, 5.74) is 2.12. The summed E-state index contributed by atoms with van der Waals surface area (Å²) in [4.78, 5) is 27.4. The zero-order valence-corrected chi connectivity index (χ0v) is 20.3.